The molecule has 6 nitrogen and oxygen atoms in total. The predicted octanol–water partition coefficient (Wildman–Crippen LogP) is 2.72. The first-order valence-electron chi connectivity index (χ1n) is 9.29. The number of rotatable bonds is 5. The molecule has 6 heteroatoms. The molecule has 0 saturated carbocycles. The number of benzene rings is 1. The second-order valence-electron chi connectivity index (χ2n) is 6.99. The van der Waals surface area contributed by atoms with Gasteiger partial charge in [-0.15, -0.1) is 0 Å². The molecular formula is C21H24N4O2. The average Bonchev–Trinajstić information content (AvgIpc) is 2.93. The fraction of sp³-hybridized carbons (Fsp3) is 0.381. The summed E-state index contributed by atoms with van der Waals surface area (Å²) in [7, 11) is 1.58. The highest BCUT2D eigenvalue weighted by Crippen LogP contribution is 2.19. The fourth-order valence-electron chi connectivity index (χ4n) is 3.59. The summed E-state index contributed by atoms with van der Waals surface area (Å²) in [6, 6.07) is 11.0. The summed E-state index contributed by atoms with van der Waals surface area (Å²) >= 11 is 0. The van der Waals surface area contributed by atoms with Crippen LogP contribution < -0.4 is 4.74 Å². The molecule has 0 spiro atoms. The van der Waals surface area contributed by atoms with Crippen molar-refractivity contribution in [3.05, 3.63) is 60.0 Å². The van der Waals surface area contributed by atoms with Crippen LogP contribution in [0.25, 0.3) is 10.9 Å². The lowest BCUT2D eigenvalue weighted by atomic mass is 9.98. The maximum Gasteiger partial charge on any atom is 0.316 e. The Labute approximate surface area is 159 Å². The second-order valence-corrected chi connectivity index (χ2v) is 6.99. The van der Waals surface area contributed by atoms with Crippen molar-refractivity contribution in [2.75, 3.05) is 33.4 Å². The van der Waals surface area contributed by atoms with Gasteiger partial charge in [0.15, 0.2) is 0 Å². The molecule has 0 amide bonds. The van der Waals surface area contributed by atoms with Crippen molar-refractivity contribution in [1.82, 2.24) is 19.9 Å². The number of pyridine rings is 1. The largest absolute Gasteiger partial charge is 0.467 e. The third kappa shape index (κ3) is 4.59. The molecule has 1 aliphatic rings. The normalized spacial score (nSPS) is 18.3. The zero-order valence-electron chi connectivity index (χ0n) is 15.5. The molecule has 0 unspecified atom stereocenters. The van der Waals surface area contributed by atoms with E-state index in [0.29, 0.717) is 11.9 Å². The number of hydrogen-bond acceptors (Lipinski definition) is 6. The smallest absolute Gasteiger partial charge is 0.316 e. The highest BCUT2D eigenvalue weighted by Gasteiger charge is 2.19. The molecule has 4 rings (SSSR count). The van der Waals surface area contributed by atoms with Crippen molar-refractivity contribution in [3.8, 4) is 6.01 Å². The second kappa shape index (κ2) is 8.41. The first kappa shape index (κ1) is 17.8. The topological polar surface area (TPSA) is 60.4 Å². The van der Waals surface area contributed by atoms with Gasteiger partial charge in [-0.2, -0.15) is 0 Å². The van der Waals surface area contributed by atoms with E-state index in [0.717, 1.165) is 50.3 Å². The summed E-state index contributed by atoms with van der Waals surface area (Å²) < 4.78 is 10.9. The summed E-state index contributed by atoms with van der Waals surface area (Å²) in [6.07, 6.45) is 6.51. The molecule has 1 aromatic carbocycles. The van der Waals surface area contributed by atoms with Crippen molar-refractivity contribution in [3.63, 3.8) is 0 Å². The average molecular weight is 364 g/mol. The molecule has 1 atom stereocenters. The Hall–Kier alpha value is -2.57. The minimum atomic E-state index is 0.404. The minimum Gasteiger partial charge on any atom is -0.467 e. The van der Waals surface area contributed by atoms with Crippen LogP contribution in [0.5, 0.6) is 6.01 Å². The Morgan fingerprint density at radius 2 is 2.04 bits per heavy atom. The Bertz CT molecular complexity index is 885. The number of hydrogen-bond donors (Lipinski definition) is 0. The van der Waals surface area contributed by atoms with E-state index < -0.39 is 0 Å². The van der Waals surface area contributed by atoms with Gasteiger partial charge in [0.05, 0.1) is 25.8 Å². The summed E-state index contributed by atoms with van der Waals surface area (Å²) in [5.41, 5.74) is 3.46. The van der Waals surface area contributed by atoms with Gasteiger partial charge in [-0.3, -0.25) is 9.88 Å². The number of aromatic nitrogens is 3. The molecule has 0 radical (unpaired) electrons. The first-order valence-corrected chi connectivity index (χ1v) is 9.29. The third-order valence-electron chi connectivity index (χ3n) is 4.88. The Morgan fingerprint density at radius 1 is 1.15 bits per heavy atom. The van der Waals surface area contributed by atoms with E-state index in [-0.39, 0.29) is 0 Å². The highest BCUT2D eigenvalue weighted by molar-refractivity contribution is 5.78. The lowest BCUT2D eigenvalue weighted by Gasteiger charge is -2.23. The summed E-state index contributed by atoms with van der Waals surface area (Å²) in [5.74, 6) is 0.459. The lowest BCUT2D eigenvalue weighted by molar-refractivity contribution is 0.121. The first-order chi connectivity index (χ1) is 13.3. The van der Waals surface area contributed by atoms with Crippen LogP contribution in [0.1, 0.15) is 11.1 Å². The molecule has 0 aliphatic carbocycles. The van der Waals surface area contributed by atoms with Gasteiger partial charge in [-0.25, -0.2) is 9.97 Å². The van der Waals surface area contributed by atoms with Gasteiger partial charge < -0.3 is 9.47 Å². The SMILES string of the molecule is COc1ncc(CN2CCOC[C@@H](Cc3ccc4ncccc4c3)C2)cn1. The van der Waals surface area contributed by atoms with E-state index >= 15 is 0 Å². The monoisotopic (exact) mass is 364 g/mol. The van der Waals surface area contributed by atoms with Crippen LogP contribution >= 0.6 is 0 Å². The van der Waals surface area contributed by atoms with E-state index in [2.05, 4.69) is 44.1 Å². The van der Waals surface area contributed by atoms with Crippen LogP contribution in [0, 0.1) is 5.92 Å². The number of fused-ring (bicyclic) bond motifs is 1. The molecule has 0 N–H and O–H groups in total. The van der Waals surface area contributed by atoms with Crippen LogP contribution in [0.3, 0.4) is 0 Å². The van der Waals surface area contributed by atoms with Gasteiger partial charge >= 0.3 is 6.01 Å². The third-order valence-corrected chi connectivity index (χ3v) is 4.88. The van der Waals surface area contributed by atoms with E-state index in [1.165, 1.54) is 10.9 Å². The van der Waals surface area contributed by atoms with E-state index in [9.17, 15) is 0 Å². The molecule has 0 bridgehead atoms. The van der Waals surface area contributed by atoms with Crippen molar-refractivity contribution in [1.29, 1.82) is 0 Å². The predicted molar refractivity (Wildman–Crippen MR) is 104 cm³/mol. The van der Waals surface area contributed by atoms with E-state index in [4.69, 9.17) is 9.47 Å². The number of methoxy groups -OCH3 is 1. The molecule has 27 heavy (non-hydrogen) atoms. The molecule has 1 fully saturated rings. The van der Waals surface area contributed by atoms with Crippen molar-refractivity contribution < 1.29 is 9.47 Å². The molecule has 1 saturated heterocycles. The maximum absolute atomic E-state index is 5.87. The van der Waals surface area contributed by atoms with Crippen LogP contribution in [-0.2, 0) is 17.7 Å². The zero-order chi connectivity index (χ0) is 18.5. The fourth-order valence-corrected chi connectivity index (χ4v) is 3.59. The number of ether oxygens (including phenoxy) is 2. The van der Waals surface area contributed by atoms with Gasteiger partial charge in [0.2, 0.25) is 0 Å². The van der Waals surface area contributed by atoms with Crippen molar-refractivity contribution in [2.24, 2.45) is 5.92 Å². The summed E-state index contributed by atoms with van der Waals surface area (Å²) in [6.45, 7) is 4.29. The Kier molecular flexibility index (Phi) is 5.55. The van der Waals surface area contributed by atoms with Crippen molar-refractivity contribution >= 4 is 10.9 Å². The van der Waals surface area contributed by atoms with Gasteiger partial charge in [-0.1, -0.05) is 12.1 Å². The maximum atomic E-state index is 5.87. The lowest BCUT2D eigenvalue weighted by Crippen LogP contribution is -2.30. The molecule has 2 aromatic heterocycles. The molecule has 3 heterocycles. The molecule has 1 aliphatic heterocycles. The standard InChI is InChI=1S/C21H24N4O2/c1-26-21-23-11-18(12-24-21)14-25-7-8-27-15-17(13-25)9-16-4-5-20-19(10-16)3-2-6-22-20/h2-6,10-12,17H,7-9,13-15H2,1H3/t17-/m0/s1. The van der Waals surface area contributed by atoms with Gasteiger partial charge in [-0.05, 0) is 36.1 Å². The Morgan fingerprint density at radius 3 is 2.89 bits per heavy atom. The van der Waals surface area contributed by atoms with E-state index in [1.807, 2.05) is 24.7 Å². The molecular weight excluding hydrogens is 340 g/mol. The van der Waals surface area contributed by atoms with E-state index in [1.54, 1.807) is 7.11 Å². The van der Waals surface area contributed by atoms with Crippen LogP contribution in [-0.4, -0.2) is 53.3 Å². The quantitative estimate of drug-likeness (QED) is 0.694. The number of nitrogens with zero attached hydrogens (tertiary/aromatic N) is 4. The summed E-state index contributed by atoms with van der Waals surface area (Å²) in [5, 5.41) is 1.19. The highest BCUT2D eigenvalue weighted by atomic mass is 16.5. The van der Waals surface area contributed by atoms with Crippen molar-refractivity contribution in [2.45, 2.75) is 13.0 Å². The molecule has 140 valence electrons. The summed E-state index contributed by atoms with van der Waals surface area (Å²) in [4.78, 5) is 15.2. The van der Waals surface area contributed by atoms with Gasteiger partial charge in [0.1, 0.15) is 0 Å². The molecule has 3 aromatic rings. The van der Waals surface area contributed by atoms with Crippen LogP contribution in [0.2, 0.25) is 0 Å². The minimum absolute atomic E-state index is 0.404. The van der Waals surface area contributed by atoms with Crippen LogP contribution in [0.4, 0.5) is 0 Å². The van der Waals surface area contributed by atoms with Gasteiger partial charge in [0.25, 0.3) is 0 Å². The zero-order valence-corrected chi connectivity index (χ0v) is 15.5. The van der Waals surface area contributed by atoms with Crippen LogP contribution in [0.15, 0.2) is 48.9 Å². The van der Waals surface area contributed by atoms with Gasteiger partial charge in [0, 0.05) is 49.2 Å². The Balaban J connectivity index is 1.42.